The van der Waals surface area contributed by atoms with Gasteiger partial charge in [-0.2, -0.15) is 0 Å². The van der Waals surface area contributed by atoms with Crippen molar-refractivity contribution >= 4 is 23.2 Å². The average Bonchev–Trinajstić information content (AvgIpc) is 2.08. The molecule has 0 aromatic heterocycles. The third kappa shape index (κ3) is 1.90. The van der Waals surface area contributed by atoms with Gasteiger partial charge in [-0.15, -0.1) is 0 Å². The number of hydrogen-bond acceptors (Lipinski definition) is 2. The molecule has 0 spiro atoms. The largest absolute Gasteiger partial charge is 0.393 e. The van der Waals surface area contributed by atoms with Gasteiger partial charge in [-0.25, -0.2) is 0 Å². The van der Waals surface area contributed by atoms with Gasteiger partial charge in [0.25, 0.3) is 0 Å². The minimum atomic E-state index is -0.962. The molecule has 4 heteroatoms. The molecule has 2 N–H and O–H groups in total. The van der Waals surface area contributed by atoms with Crippen molar-refractivity contribution in [2.75, 3.05) is 6.61 Å². The second-order valence-corrected chi connectivity index (χ2v) is 3.13. The van der Waals surface area contributed by atoms with Gasteiger partial charge in [0.15, 0.2) is 0 Å². The predicted octanol–water partition coefficient (Wildman–Crippen LogP) is 2.02. The fraction of sp³-hybridized carbons (Fsp3) is 0.250. The van der Waals surface area contributed by atoms with Gasteiger partial charge < -0.3 is 10.2 Å². The summed E-state index contributed by atoms with van der Waals surface area (Å²) in [6.45, 7) is -0.361. The highest BCUT2D eigenvalue weighted by Crippen LogP contribution is 2.29. The maximum absolute atomic E-state index is 9.24. The molecule has 12 heavy (non-hydrogen) atoms. The number of halogens is 2. The maximum Gasteiger partial charge on any atom is 0.104 e. The van der Waals surface area contributed by atoms with Gasteiger partial charge in [-0.3, -0.25) is 0 Å². The molecule has 0 fully saturated rings. The quantitative estimate of drug-likeness (QED) is 0.778. The summed E-state index contributed by atoms with van der Waals surface area (Å²) in [5.74, 6) is 0. The molecule has 0 bridgehead atoms. The molecule has 66 valence electrons. The van der Waals surface area contributed by atoms with Crippen LogP contribution in [-0.4, -0.2) is 16.8 Å². The molecule has 1 atom stereocenters. The monoisotopic (exact) mass is 206 g/mol. The molecule has 0 saturated heterocycles. The summed E-state index contributed by atoms with van der Waals surface area (Å²) in [5, 5.41) is 18.6. The Labute approximate surface area is 80.4 Å². The van der Waals surface area contributed by atoms with E-state index in [4.69, 9.17) is 28.3 Å². The van der Waals surface area contributed by atoms with E-state index >= 15 is 0 Å². The fourth-order valence-corrected chi connectivity index (χ4v) is 1.31. The first kappa shape index (κ1) is 9.81. The normalized spacial score (nSPS) is 13.0. The van der Waals surface area contributed by atoms with Crippen LogP contribution in [0, 0.1) is 0 Å². The van der Waals surface area contributed by atoms with Crippen molar-refractivity contribution in [3.05, 3.63) is 33.8 Å². The minimum Gasteiger partial charge on any atom is -0.393 e. The van der Waals surface area contributed by atoms with Crippen LogP contribution in [0.25, 0.3) is 0 Å². The minimum absolute atomic E-state index is 0.292. The van der Waals surface area contributed by atoms with Gasteiger partial charge in [-0.05, 0) is 6.07 Å². The molecule has 0 aliphatic carbocycles. The van der Waals surface area contributed by atoms with Crippen molar-refractivity contribution in [3.8, 4) is 0 Å². The first-order valence-corrected chi connectivity index (χ1v) is 4.15. The number of rotatable bonds is 2. The summed E-state index contributed by atoms with van der Waals surface area (Å²) in [5.41, 5.74) is 0.451. The lowest BCUT2D eigenvalue weighted by Crippen LogP contribution is -2.02. The zero-order valence-electron chi connectivity index (χ0n) is 6.17. The van der Waals surface area contributed by atoms with Crippen LogP contribution >= 0.6 is 23.2 Å². The smallest absolute Gasteiger partial charge is 0.104 e. The van der Waals surface area contributed by atoms with E-state index in [9.17, 15) is 5.11 Å². The highest BCUT2D eigenvalue weighted by Gasteiger charge is 2.11. The number of hydrogen-bond donors (Lipinski definition) is 2. The zero-order valence-corrected chi connectivity index (χ0v) is 7.68. The molecule has 0 heterocycles. The van der Waals surface area contributed by atoms with Crippen LogP contribution < -0.4 is 0 Å². The summed E-state index contributed by atoms with van der Waals surface area (Å²) in [4.78, 5) is 0. The molecule has 0 aliphatic rings. The molecule has 1 aromatic carbocycles. The van der Waals surface area contributed by atoms with Crippen LogP contribution in [0.5, 0.6) is 0 Å². The van der Waals surface area contributed by atoms with Crippen molar-refractivity contribution in [2.24, 2.45) is 0 Å². The molecule has 0 saturated carbocycles. The summed E-state index contributed by atoms with van der Waals surface area (Å²) >= 11 is 11.5. The van der Waals surface area contributed by atoms with Gasteiger partial charge >= 0.3 is 0 Å². The first-order valence-electron chi connectivity index (χ1n) is 3.39. The second-order valence-electron chi connectivity index (χ2n) is 2.34. The van der Waals surface area contributed by atoms with Crippen LogP contribution in [0.1, 0.15) is 11.7 Å². The molecule has 1 aromatic rings. The highest BCUT2D eigenvalue weighted by atomic mass is 35.5. The predicted molar refractivity (Wildman–Crippen MR) is 48.5 cm³/mol. The lowest BCUT2D eigenvalue weighted by atomic mass is 10.1. The van der Waals surface area contributed by atoms with E-state index in [1.807, 2.05) is 0 Å². The Bertz CT molecular complexity index is 276. The maximum atomic E-state index is 9.24. The van der Waals surface area contributed by atoms with E-state index in [1.165, 1.54) is 0 Å². The third-order valence-electron chi connectivity index (χ3n) is 1.51. The average molecular weight is 207 g/mol. The summed E-state index contributed by atoms with van der Waals surface area (Å²) in [6.07, 6.45) is -0.962. The third-order valence-corrected chi connectivity index (χ3v) is 2.35. The van der Waals surface area contributed by atoms with Crippen molar-refractivity contribution in [1.29, 1.82) is 0 Å². The van der Waals surface area contributed by atoms with Crippen LogP contribution in [0.3, 0.4) is 0 Å². The van der Waals surface area contributed by atoms with Crippen LogP contribution in [-0.2, 0) is 0 Å². The van der Waals surface area contributed by atoms with Crippen molar-refractivity contribution in [1.82, 2.24) is 0 Å². The SMILES string of the molecule is OC[C@@H](O)c1cccc(Cl)c1Cl. The topological polar surface area (TPSA) is 40.5 Å². The standard InChI is InChI=1S/C8H8Cl2O2/c9-6-3-1-2-5(8(6)10)7(12)4-11/h1-3,7,11-12H,4H2/t7-/m1/s1. The Hall–Kier alpha value is -0.280. The second kappa shape index (κ2) is 4.10. The first-order chi connectivity index (χ1) is 5.66. The van der Waals surface area contributed by atoms with Crippen molar-refractivity contribution in [3.63, 3.8) is 0 Å². The fourth-order valence-electron chi connectivity index (χ4n) is 0.876. The number of benzene rings is 1. The van der Waals surface area contributed by atoms with E-state index in [-0.39, 0.29) is 6.61 Å². The number of aliphatic hydroxyl groups is 2. The highest BCUT2D eigenvalue weighted by molar-refractivity contribution is 6.42. The van der Waals surface area contributed by atoms with E-state index in [0.29, 0.717) is 15.6 Å². The molecular formula is C8H8Cl2O2. The van der Waals surface area contributed by atoms with Gasteiger partial charge in [0.1, 0.15) is 6.10 Å². The molecule has 0 radical (unpaired) electrons. The van der Waals surface area contributed by atoms with Crippen LogP contribution in [0.15, 0.2) is 18.2 Å². The Balaban J connectivity index is 3.07. The van der Waals surface area contributed by atoms with E-state index in [2.05, 4.69) is 0 Å². The van der Waals surface area contributed by atoms with Gasteiger partial charge in [0.2, 0.25) is 0 Å². The molecule has 0 aliphatic heterocycles. The lowest BCUT2D eigenvalue weighted by molar-refractivity contribution is 0.0957. The Morgan fingerprint density at radius 2 is 2.00 bits per heavy atom. The van der Waals surface area contributed by atoms with E-state index < -0.39 is 6.10 Å². The molecule has 0 amide bonds. The Morgan fingerprint density at radius 3 is 2.58 bits per heavy atom. The van der Waals surface area contributed by atoms with Gasteiger partial charge in [0, 0.05) is 5.56 Å². The summed E-state index contributed by atoms with van der Waals surface area (Å²) in [7, 11) is 0. The molecule has 1 rings (SSSR count). The summed E-state index contributed by atoms with van der Waals surface area (Å²) in [6, 6.07) is 4.91. The molecular weight excluding hydrogens is 199 g/mol. The van der Waals surface area contributed by atoms with Gasteiger partial charge in [0.05, 0.1) is 16.7 Å². The van der Waals surface area contributed by atoms with E-state index in [1.54, 1.807) is 18.2 Å². The number of aliphatic hydroxyl groups excluding tert-OH is 2. The van der Waals surface area contributed by atoms with Gasteiger partial charge in [-0.1, -0.05) is 35.3 Å². The van der Waals surface area contributed by atoms with Crippen LogP contribution in [0.2, 0.25) is 10.0 Å². The van der Waals surface area contributed by atoms with E-state index in [0.717, 1.165) is 0 Å². The lowest BCUT2D eigenvalue weighted by Gasteiger charge is -2.09. The van der Waals surface area contributed by atoms with Crippen molar-refractivity contribution < 1.29 is 10.2 Å². The van der Waals surface area contributed by atoms with Crippen LogP contribution in [0.4, 0.5) is 0 Å². The Kier molecular flexibility index (Phi) is 3.35. The Morgan fingerprint density at radius 1 is 1.33 bits per heavy atom. The molecule has 0 unspecified atom stereocenters. The summed E-state index contributed by atoms with van der Waals surface area (Å²) < 4.78 is 0. The zero-order chi connectivity index (χ0) is 9.14. The molecule has 2 nitrogen and oxygen atoms in total. The van der Waals surface area contributed by atoms with Crippen molar-refractivity contribution in [2.45, 2.75) is 6.10 Å².